The van der Waals surface area contributed by atoms with Crippen LogP contribution in [0.5, 0.6) is 5.75 Å². The molecule has 0 spiro atoms. The van der Waals surface area contributed by atoms with Crippen LogP contribution in [0.2, 0.25) is 0 Å². The molecule has 1 atom stereocenters. The van der Waals surface area contributed by atoms with Gasteiger partial charge < -0.3 is 9.64 Å². The number of hydrogen-bond acceptors (Lipinski definition) is 5. The zero-order valence-corrected chi connectivity index (χ0v) is 16.5. The molecule has 1 aromatic carbocycles. The molecule has 3 rings (SSSR count). The van der Waals surface area contributed by atoms with Crippen LogP contribution in [0.3, 0.4) is 0 Å². The highest BCUT2D eigenvalue weighted by Crippen LogP contribution is 2.19. The molecular formula is C21H23FN4O4. The number of halogens is 1. The van der Waals surface area contributed by atoms with Gasteiger partial charge in [0, 0.05) is 37.0 Å². The third kappa shape index (κ3) is 5.31. The molecule has 0 radical (unpaired) electrons. The van der Waals surface area contributed by atoms with Crippen LogP contribution in [0.1, 0.15) is 30.1 Å². The van der Waals surface area contributed by atoms with Gasteiger partial charge in [-0.15, -0.1) is 0 Å². The summed E-state index contributed by atoms with van der Waals surface area (Å²) in [6.07, 6.45) is 3.10. The van der Waals surface area contributed by atoms with E-state index in [0.717, 1.165) is 0 Å². The van der Waals surface area contributed by atoms with E-state index in [-0.39, 0.29) is 23.5 Å². The van der Waals surface area contributed by atoms with E-state index in [1.54, 1.807) is 35.5 Å². The monoisotopic (exact) mass is 414 g/mol. The summed E-state index contributed by atoms with van der Waals surface area (Å²) >= 11 is 0. The van der Waals surface area contributed by atoms with Crippen molar-refractivity contribution in [2.24, 2.45) is 5.92 Å². The zero-order chi connectivity index (χ0) is 21.5. The maximum atomic E-state index is 13.6. The minimum atomic E-state index is -0.998. The number of rotatable bonds is 5. The minimum absolute atomic E-state index is 0.0438. The largest absolute Gasteiger partial charge is 0.478 e. The molecule has 2 N–H and O–H groups in total. The third-order valence-electron chi connectivity index (χ3n) is 4.90. The summed E-state index contributed by atoms with van der Waals surface area (Å²) in [4.78, 5) is 42.5. The number of nitrogens with zero attached hydrogens (tertiary/aromatic N) is 2. The lowest BCUT2D eigenvalue weighted by Gasteiger charge is -2.31. The summed E-state index contributed by atoms with van der Waals surface area (Å²) in [6, 6.07) is 9.06. The van der Waals surface area contributed by atoms with Gasteiger partial charge in [0.1, 0.15) is 0 Å². The Balaban J connectivity index is 1.43. The molecule has 1 aliphatic rings. The second-order valence-corrected chi connectivity index (χ2v) is 6.97. The van der Waals surface area contributed by atoms with E-state index in [2.05, 4.69) is 15.8 Å². The molecule has 30 heavy (non-hydrogen) atoms. The van der Waals surface area contributed by atoms with Crippen LogP contribution in [0.15, 0.2) is 48.8 Å². The zero-order valence-electron chi connectivity index (χ0n) is 16.5. The minimum Gasteiger partial charge on any atom is -0.478 e. The van der Waals surface area contributed by atoms with Gasteiger partial charge >= 0.3 is 0 Å². The van der Waals surface area contributed by atoms with E-state index >= 15 is 0 Å². The number of para-hydroxylation sites is 1. The predicted octanol–water partition coefficient (Wildman–Crippen LogP) is 1.69. The Bertz CT molecular complexity index is 901. The molecule has 0 bridgehead atoms. The average Bonchev–Trinajstić information content (AvgIpc) is 2.79. The highest BCUT2D eigenvalue weighted by molar-refractivity contribution is 5.94. The number of nitrogens with one attached hydrogen (secondary N) is 2. The first kappa shape index (κ1) is 21.2. The Morgan fingerprint density at radius 2 is 1.77 bits per heavy atom. The van der Waals surface area contributed by atoms with Gasteiger partial charge in [0.25, 0.3) is 11.8 Å². The summed E-state index contributed by atoms with van der Waals surface area (Å²) in [5.41, 5.74) is 5.25. The Labute approximate surface area is 173 Å². The third-order valence-corrected chi connectivity index (χ3v) is 4.90. The van der Waals surface area contributed by atoms with Gasteiger partial charge in [-0.05, 0) is 44.0 Å². The SMILES string of the molecule is C[C@@H](Oc1ccccc1F)C(=O)NNC(=O)C1CCN(C(=O)c2ccncc2)CC1. The van der Waals surface area contributed by atoms with Gasteiger partial charge in [-0.2, -0.15) is 0 Å². The maximum absolute atomic E-state index is 13.6. The van der Waals surface area contributed by atoms with Crippen molar-refractivity contribution >= 4 is 17.7 Å². The lowest BCUT2D eigenvalue weighted by atomic mass is 9.96. The number of benzene rings is 1. The van der Waals surface area contributed by atoms with Gasteiger partial charge in [-0.1, -0.05) is 12.1 Å². The molecule has 0 unspecified atom stereocenters. The van der Waals surface area contributed by atoms with Gasteiger partial charge in [0.15, 0.2) is 17.7 Å². The summed E-state index contributed by atoms with van der Waals surface area (Å²) in [7, 11) is 0. The van der Waals surface area contributed by atoms with E-state index in [1.165, 1.54) is 25.1 Å². The van der Waals surface area contributed by atoms with Crippen LogP contribution in [0, 0.1) is 11.7 Å². The van der Waals surface area contributed by atoms with Crippen LogP contribution in [-0.4, -0.2) is 46.8 Å². The molecule has 158 valence electrons. The Kier molecular flexibility index (Phi) is 6.95. The lowest BCUT2D eigenvalue weighted by Crippen LogP contribution is -2.51. The molecule has 1 saturated heterocycles. The van der Waals surface area contributed by atoms with Crippen molar-refractivity contribution in [3.05, 3.63) is 60.2 Å². The molecular weight excluding hydrogens is 391 g/mol. The van der Waals surface area contributed by atoms with Crippen molar-refractivity contribution < 1.29 is 23.5 Å². The van der Waals surface area contributed by atoms with Crippen molar-refractivity contribution in [3.63, 3.8) is 0 Å². The van der Waals surface area contributed by atoms with Gasteiger partial charge in [-0.3, -0.25) is 30.2 Å². The second kappa shape index (κ2) is 9.82. The molecule has 3 amide bonds. The molecule has 0 aliphatic carbocycles. The first-order chi connectivity index (χ1) is 14.5. The quantitative estimate of drug-likeness (QED) is 0.726. The summed E-state index contributed by atoms with van der Waals surface area (Å²) < 4.78 is 18.9. The van der Waals surface area contributed by atoms with E-state index in [4.69, 9.17) is 4.74 Å². The normalized spacial score (nSPS) is 15.2. The number of aromatic nitrogens is 1. The van der Waals surface area contributed by atoms with Crippen LogP contribution in [0.25, 0.3) is 0 Å². The first-order valence-electron chi connectivity index (χ1n) is 9.66. The number of ether oxygens (including phenoxy) is 1. The topological polar surface area (TPSA) is 101 Å². The fraction of sp³-hybridized carbons (Fsp3) is 0.333. The van der Waals surface area contributed by atoms with Crippen LogP contribution in [-0.2, 0) is 9.59 Å². The Morgan fingerprint density at radius 3 is 2.43 bits per heavy atom. The second-order valence-electron chi connectivity index (χ2n) is 6.97. The molecule has 2 heterocycles. The molecule has 1 aromatic heterocycles. The molecule has 2 aromatic rings. The summed E-state index contributed by atoms with van der Waals surface area (Å²) in [5.74, 6) is -1.97. The van der Waals surface area contributed by atoms with Crippen molar-refractivity contribution in [1.82, 2.24) is 20.7 Å². The average molecular weight is 414 g/mol. The summed E-state index contributed by atoms with van der Waals surface area (Å²) in [5, 5.41) is 0. The van der Waals surface area contributed by atoms with Crippen LogP contribution >= 0.6 is 0 Å². The highest BCUT2D eigenvalue weighted by atomic mass is 19.1. The number of amides is 3. The molecule has 9 heteroatoms. The smallest absolute Gasteiger partial charge is 0.279 e. The lowest BCUT2D eigenvalue weighted by molar-refractivity contribution is -0.135. The number of carbonyl (C=O) groups is 3. The number of piperidine rings is 1. The van der Waals surface area contributed by atoms with E-state index in [0.29, 0.717) is 31.5 Å². The molecule has 8 nitrogen and oxygen atoms in total. The molecule has 0 saturated carbocycles. The standard InChI is InChI=1S/C21H23FN4O4/c1-14(30-18-5-3-2-4-17(18)22)19(27)24-25-20(28)15-8-12-26(13-9-15)21(29)16-6-10-23-11-7-16/h2-7,10-11,14-15H,8-9,12-13H2,1H3,(H,24,27)(H,25,28)/t14-/m1/s1. The fourth-order valence-electron chi connectivity index (χ4n) is 3.13. The van der Waals surface area contributed by atoms with Crippen LogP contribution in [0.4, 0.5) is 4.39 Å². The Hall–Kier alpha value is -3.49. The van der Waals surface area contributed by atoms with Gasteiger partial charge in [-0.25, -0.2) is 4.39 Å². The van der Waals surface area contributed by atoms with Crippen molar-refractivity contribution in [3.8, 4) is 5.75 Å². The number of hydrazine groups is 1. The number of carbonyl (C=O) groups excluding carboxylic acids is 3. The van der Waals surface area contributed by atoms with E-state index in [9.17, 15) is 18.8 Å². The van der Waals surface area contributed by atoms with Gasteiger partial charge in [0.05, 0.1) is 0 Å². The van der Waals surface area contributed by atoms with Crippen molar-refractivity contribution in [2.45, 2.75) is 25.9 Å². The van der Waals surface area contributed by atoms with Crippen molar-refractivity contribution in [2.75, 3.05) is 13.1 Å². The van der Waals surface area contributed by atoms with Gasteiger partial charge in [0.2, 0.25) is 5.91 Å². The molecule has 1 aliphatic heterocycles. The van der Waals surface area contributed by atoms with E-state index < -0.39 is 17.8 Å². The van der Waals surface area contributed by atoms with E-state index in [1.807, 2.05) is 0 Å². The Morgan fingerprint density at radius 1 is 1.10 bits per heavy atom. The van der Waals surface area contributed by atoms with Crippen molar-refractivity contribution in [1.29, 1.82) is 0 Å². The number of hydrogen-bond donors (Lipinski definition) is 2. The first-order valence-corrected chi connectivity index (χ1v) is 9.66. The van der Waals surface area contributed by atoms with Crippen LogP contribution < -0.4 is 15.6 Å². The fourth-order valence-corrected chi connectivity index (χ4v) is 3.13. The molecule has 1 fully saturated rings. The highest BCUT2D eigenvalue weighted by Gasteiger charge is 2.28. The summed E-state index contributed by atoms with van der Waals surface area (Å²) in [6.45, 7) is 2.34. The maximum Gasteiger partial charge on any atom is 0.279 e. The number of likely N-dealkylation sites (tertiary alicyclic amines) is 1. The number of pyridine rings is 1. The predicted molar refractivity (Wildman–Crippen MR) is 106 cm³/mol.